The smallest absolute Gasteiger partial charge is 0.157 e. The van der Waals surface area contributed by atoms with Crippen LogP contribution in [0.15, 0.2) is 0 Å². The molecule has 1 heterocycles. The van der Waals surface area contributed by atoms with Gasteiger partial charge in [-0.15, -0.1) is 23.2 Å². The molecular formula is C9H16Cl2O2. The molecule has 2 nitrogen and oxygen atoms in total. The van der Waals surface area contributed by atoms with E-state index in [0.29, 0.717) is 25.0 Å². The molecule has 0 aromatic heterocycles. The van der Waals surface area contributed by atoms with Gasteiger partial charge in [0.1, 0.15) is 0 Å². The molecule has 0 spiro atoms. The van der Waals surface area contributed by atoms with Crippen LogP contribution < -0.4 is 0 Å². The summed E-state index contributed by atoms with van der Waals surface area (Å²) in [5.41, 5.74) is -0.173. The Morgan fingerprint density at radius 1 is 1.23 bits per heavy atom. The molecule has 0 saturated carbocycles. The molecule has 78 valence electrons. The van der Waals surface area contributed by atoms with E-state index in [1.54, 1.807) is 0 Å². The van der Waals surface area contributed by atoms with Gasteiger partial charge in [0, 0.05) is 17.2 Å². The van der Waals surface area contributed by atoms with E-state index in [0.717, 1.165) is 12.8 Å². The summed E-state index contributed by atoms with van der Waals surface area (Å²) in [6.45, 7) is 3.34. The molecule has 1 aliphatic rings. The largest absolute Gasteiger partial charge is 0.352 e. The monoisotopic (exact) mass is 226 g/mol. The Labute approximate surface area is 89.5 Å². The summed E-state index contributed by atoms with van der Waals surface area (Å²) >= 11 is 11.6. The average Bonchev–Trinajstić information content (AvgIpc) is 2.20. The van der Waals surface area contributed by atoms with Gasteiger partial charge in [-0.25, -0.2) is 0 Å². The lowest BCUT2D eigenvalue weighted by Gasteiger charge is -2.37. The van der Waals surface area contributed by atoms with Crippen LogP contribution in [0, 0.1) is 5.41 Å². The molecule has 1 saturated heterocycles. The van der Waals surface area contributed by atoms with Crippen molar-refractivity contribution in [1.29, 1.82) is 0 Å². The number of hydrogen-bond donors (Lipinski definition) is 0. The van der Waals surface area contributed by atoms with E-state index in [1.807, 2.05) is 0 Å². The fourth-order valence-corrected chi connectivity index (χ4v) is 1.82. The molecule has 0 radical (unpaired) electrons. The van der Waals surface area contributed by atoms with Gasteiger partial charge in [0.05, 0.1) is 13.2 Å². The molecule has 1 fully saturated rings. The maximum atomic E-state index is 5.82. The summed E-state index contributed by atoms with van der Waals surface area (Å²) in [5.74, 6) is 0.991. The van der Waals surface area contributed by atoms with Crippen molar-refractivity contribution in [2.75, 3.05) is 25.0 Å². The Kier molecular flexibility index (Phi) is 4.81. The van der Waals surface area contributed by atoms with Crippen LogP contribution in [-0.4, -0.2) is 31.3 Å². The predicted octanol–water partition coefficient (Wildman–Crippen LogP) is 2.62. The van der Waals surface area contributed by atoms with Gasteiger partial charge in [0.2, 0.25) is 0 Å². The topological polar surface area (TPSA) is 18.5 Å². The molecule has 0 amide bonds. The fraction of sp³-hybridized carbons (Fsp3) is 1.00. The third-order valence-corrected chi connectivity index (χ3v) is 3.38. The Morgan fingerprint density at radius 3 is 2.15 bits per heavy atom. The van der Waals surface area contributed by atoms with Crippen LogP contribution in [-0.2, 0) is 9.47 Å². The fourth-order valence-electron chi connectivity index (χ4n) is 1.22. The number of alkyl halides is 2. The van der Waals surface area contributed by atoms with E-state index >= 15 is 0 Å². The maximum Gasteiger partial charge on any atom is 0.157 e. The second-order valence-electron chi connectivity index (χ2n) is 3.61. The van der Waals surface area contributed by atoms with E-state index in [1.165, 1.54) is 0 Å². The highest BCUT2D eigenvalue weighted by Gasteiger charge is 2.35. The summed E-state index contributed by atoms with van der Waals surface area (Å²) in [7, 11) is 0. The minimum atomic E-state index is -0.173. The first-order valence-corrected chi connectivity index (χ1v) is 5.68. The van der Waals surface area contributed by atoms with Crippen LogP contribution in [0.1, 0.15) is 19.8 Å². The van der Waals surface area contributed by atoms with Crippen LogP contribution in [0.5, 0.6) is 0 Å². The first-order valence-electron chi connectivity index (χ1n) is 4.61. The van der Waals surface area contributed by atoms with Crippen molar-refractivity contribution in [3.05, 3.63) is 0 Å². The summed E-state index contributed by atoms with van der Waals surface area (Å²) in [4.78, 5) is 0. The molecule has 1 rings (SSSR count). The van der Waals surface area contributed by atoms with Crippen LogP contribution in [0.25, 0.3) is 0 Å². The number of ether oxygens (including phenoxy) is 2. The third-order valence-electron chi connectivity index (χ3n) is 2.24. The first kappa shape index (κ1) is 11.6. The minimum absolute atomic E-state index is 0.0513. The van der Waals surface area contributed by atoms with Gasteiger partial charge in [-0.3, -0.25) is 0 Å². The maximum absolute atomic E-state index is 5.82. The average molecular weight is 227 g/mol. The van der Waals surface area contributed by atoms with Crippen LogP contribution in [0.2, 0.25) is 0 Å². The van der Waals surface area contributed by atoms with Gasteiger partial charge in [-0.05, 0) is 6.42 Å². The summed E-state index contributed by atoms with van der Waals surface area (Å²) < 4.78 is 11.0. The van der Waals surface area contributed by atoms with E-state index in [2.05, 4.69) is 6.92 Å². The highest BCUT2D eigenvalue weighted by Crippen LogP contribution is 2.28. The molecule has 0 N–H and O–H groups in total. The standard InChI is InChI=1S/C9H16Cl2O2/c1-2-3-8-12-6-9(4-10,5-11)7-13-8/h8H,2-7H2,1H3. The third kappa shape index (κ3) is 2.98. The molecule has 1 aliphatic heterocycles. The second-order valence-corrected chi connectivity index (χ2v) is 4.14. The Balaban J connectivity index is 2.36. The van der Waals surface area contributed by atoms with Crippen molar-refractivity contribution in [1.82, 2.24) is 0 Å². The molecule has 0 atom stereocenters. The highest BCUT2D eigenvalue weighted by atomic mass is 35.5. The number of halogens is 2. The minimum Gasteiger partial charge on any atom is -0.352 e. The lowest BCUT2D eigenvalue weighted by atomic mass is 9.95. The lowest BCUT2D eigenvalue weighted by Crippen LogP contribution is -2.44. The van der Waals surface area contributed by atoms with Gasteiger partial charge in [0.15, 0.2) is 6.29 Å². The van der Waals surface area contributed by atoms with Crippen LogP contribution in [0.3, 0.4) is 0 Å². The van der Waals surface area contributed by atoms with Gasteiger partial charge in [-0.2, -0.15) is 0 Å². The zero-order valence-corrected chi connectivity index (χ0v) is 9.40. The number of hydrogen-bond acceptors (Lipinski definition) is 2. The highest BCUT2D eigenvalue weighted by molar-refractivity contribution is 6.21. The Hall–Kier alpha value is 0.500. The van der Waals surface area contributed by atoms with Crippen molar-refractivity contribution < 1.29 is 9.47 Å². The first-order chi connectivity index (χ1) is 6.26. The van der Waals surface area contributed by atoms with Gasteiger partial charge < -0.3 is 9.47 Å². The predicted molar refractivity (Wildman–Crippen MR) is 54.5 cm³/mol. The molecule has 0 aliphatic carbocycles. The molecule has 13 heavy (non-hydrogen) atoms. The quantitative estimate of drug-likeness (QED) is 0.687. The summed E-state index contributed by atoms with van der Waals surface area (Å²) in [5, 5.41) is 0. The molecule has 0 aromatic carbocycles. The summed E-state index contributed by atoms with van der Waals surface area (Å²) in [6, 6.07) is 0. The SMILES string of the molecule is CCCC1OCC(CCl)(CCl)CO1. The Bertz CT molecular complexity index is 139. The van der Waals surface area contributed by atoms with Gasteiger partial charge in [-0.1, -0.05) is 13.3 Å². The molecular weight excluding hydrogens is 211 g/mol. The van der Waals surface area contributed by atoms with Crippen molar-refractivity contribution in [2.24, 2.45) is 5.41 Å². The van der Waals surface area contributed by atoms with Crippen molar-refractivity contribution in [3.8, 4) is 0 Å². The lowest BCUT2D eigenvalue weighted by molar-refractivity contribution is -0.221. The van der Waals surface area contributed by atoms with Gasteiger partial charge >= 0.3 is 0 Å². The molecule has 4 heteroatoms. The van der Waals surface area contributed by atoms with Crippen molar-refractivity contribution in [3.63, 3.8) is 0 Å². The van der Waals surface area contributed by atoms with E-state index in [4.69, 9.17) is 32.7 Å². The van der Waals surface area contributed by atoms with Crippen molar-refractivity contribution >= 4 is 23.2 Å². The zero-order valence-electron chi connectivity index (χ0n) is 7.89. The normalized spacial score (nSPS) is 23.3. The van der Waals surface area contributed by atoms with E-state index in [9.17, 15) is 0 Å². The van der Waals surface area contributed by atoms with E-state index in [-0.39, 0.29) is 11.7 Å². The van der Waals surface area contributed by atoms with E-state index < -0.39 is 0 Å². The summed E-state index contributed by atoms with van der Waals surface area (Å²) in [6.07, 6.45) is 1.96. The van der Waals surface area contributed by atoms with Crippen molar-refractivity contribution in [2.45, 2.75) is 26.1 Å². The number of rotatable bonds is 4. The van der Waals surface area contributed by atoms with Crippen LogP contribution >= 0.6 is 23.2 Å². The Morgan fingerprint density at radius 2 is 1.77 bits per heavy atom. The zero-order chi connectivity index (χ0) is 9.73. The molecule has 0 bridgehead atoms. The molecule has 0 unspecified atom stereocenters. The second kappa shape index (κ2) is 5.40. The molecule has 0 aromatic rings. The van der Waals surface area contributed by atoms with Gasteiger partial charge in [0.25, 0.3) is 0 Å². The van der Waals surface area contributed by atoms with Crippen LogP contribution in [0.4, 0.5) is 0 Å².